The molecule has 0 heterocycles. The van der Waals surface area contributed by atoms with Gasteiger partial charge in [-0.2, -0.15) is 0 Å². The Bertz CT molecular complexity index is 838. The summed E-state index contributed by atoms with van der Waals surface area (Å²) in [6.07, 6.45) is 0. The number of methoxy groups -OCH3 is 2. The number of benzene rings is 2. The Morgan fingerprint density at radius 2 is 1.71 bits per heavy atom. The molecular formula is C20H22N2O6. The first-order valence-corrected chi connectivity index (χ1v) is 8.49. The maximum absolute atomic E-state index is 12.1. The van der Waals surface area contributed by atoms with Crippen LogP contribution in [0.3, 0.4) is 0 Å². The third-order valence-electron chi connectivity index (χ3n) is 3.76. The smallest absolute Gasteiger partial charge is 0.328 e. The summed E-state index contributed by atoms with van der Waals surface area (Å²) in [4.78, 5) is 36.2. The predicted molar refractivity (Wildman–Crippen MR) is 103 cm³/mol. The first-order valence-electron chi connectivity index (χ1n) is 8.49. The van der Waals surface area contributed by atoms with Gasteiger partial charge in [-0.3, -0.25) is 9.59 Å². The molecule has 0 aliphatic carbocycles. The Morgan fingerprint density at radius 3 is 2.36 bits per heavy atom. The van der Waals surface area contributed by atoms with E-state index in [1.54, 1.807) is 48.5 Å². The highest BCUT2D eigenvalue weighted by Crippen LogP contribution is 2.28. The average molecular weight is 386 g/mol. The van der Waals surface area contributed by atoms with E-state index >= 15 is 0 Å². The Kier molecular flexibility index (Phi) is 7.38. The molecule has 8 nitrogen and oxygen atoms in total. The van der Waals surface area contributed by atoms with Crippen LogP contribution in [0.15, 0.2) is 48.5 Å². The van der Waals surface area contributed by atoms with E-state index in [0.717, 1.165) is 0 Å². The SMILES string of the molecule is COc1ccc(OC)c(NC(=O)COC(=O)C(C)NC(=O)c2ccccc2)c1. The topological polar surface area (TPSA) is 103 Å². The van der Waals surface area contributed by atoms with Crippen molar-refractivity contribution in [2.75, 3.05) is 26.1 Å². The molecule has 0 saturated carbocycles. The van der Waals surface area contributed by atoms with Crippen molar-refractivity contribution >= 4 is 23.5 Å². The zero-order valence-electron chi connectivity index (χ0n) is 15.9. The van der Waals surface area contributed by atoms with E-state index in [9.17, 15) is 14.4 Å². The zero-order chi connectivity index (χ0) is 20.5. The van der Waals surface area contributed by atoms with E-state index in [0.29, 0.717) is 22.7 Å². The van der Waals surface area contributed by atoms with Gasteiger partial charge in [0.2, 0.25) is 0 Å². The van der Waals surface area contributed by atoms with Gasteiger partial charge in [-0.25, -0.2) is 4.79 Å². The number of anilines is 1. The molecule has 2 N–H and O–H groups in total. The fourth-order valence-electron chi connectivity index (χ4n) is 2.29. The van der Waals surface area contributed by atoms with Crippen LogP contribution in [0.2, 0.25) is 0 Å². The van der Waals surface area contributed by atoms with Gasteiger partial charge in [0.25, 0.3) is 11.8 Å². The highest BCUT2D eigenvalue weighted by Gasteiger charge is 2.19. The summed E-state index contributed by atoms with van der Waals surface area (Å²) in [5.74, 6) is -0.719. The van der Waals surface area contributed by atoms with Crippen LogP contribution in [-0.2, 0) is 14.3 Å². The van der Waals surface area contributed by atoms with E-state index in [4.69, 9.17) is 14.2 Å². The lowest BCUT2D eigenvalue weighted by molar-refractivity contribution is -0.148. The lowest BCUT2D eigenvalue weighted by atomic mass is 10.2. The molecule has 1 unspecified atom stereocenters. The van der Waals surface area contributed by atoms with Crippen LogP contribution in [0, 0.1) is 0 Å². The third kappa shape index (κ3) is 5.73. The van der Waals surface area contributed by atoms with Gasteiger partial charge in [-0.1, -0.05) is 18.2 Å². The number of carbonyl (C=O) groups is 3. The van der Waals surface area contributed by atoms with Crippen molar-refractivity contribution in [1.29, 1.82) is 0 Å². The van der Waals surface area contributed by atoms with Crippen LogP contribution in [-0.4, -0.2) is 44.7 Å². The Morgan fingerprint density at radius 1 is 1.00 bits per heavy atom. The van der Waals surface area contributed by atoms with Crippen LogP contribution in [0.1, 0.15) is 17.3 Å². The fourth-order valence-corrected chi connectivity index (χ4v) is 2.29. The number of esters is 1. The van der Waals surface area contributed by atoms with Crippen molar-refractivity contribution in [3.05, 3.63) is 54.1 Å². The second-order valence-corrected chi connectivity index (χ2v) is 5.78. The van der Waals surface area contributed by atoms with E-state index < -0.39 is 30.4 Å². The molecule has 0 bridgehead atoms. The largest absolute Gasteiger partial charge is 0.497 e. The standard InChI is InChI=1S/C20H22N2O6/c1-13(21-19(24)14-7-5-4-6-8-14)20(25)28-12-18(23)22-16-11-15(26-2)9-10-17(16)27-3/h4-11,13H,12H2,1-3H3,(H,21,24)(H,22,23). The molecule has 0 spiro atoms. The molecule has 2 aromatic carbocycles. The zero-order valence-corrected chi connectivity index (χ0v) is 15.9. The third-order valence-corrected chi connectivity index (χ3v) is 3.76. The van der Waals surface area contributed by atoms with Crippen LogP contribution in [0.5, 0.6) is 11.5 Å². The maximum Gasteiger partial charge on any atom is 0.328 e. The highest BCUT2D eigenvalue weighted by molar-refractivity contribution is 5.97. The summed E-state index contributed by atoms with van der Waals surface area (Å²) in [6, 6.07) is 12.5. The van der Waals surface area contributed by atoms with Crippen LogP contribution in [0.4, 0.5) is 5.69 Å². The molecule has 0 saturated heterocycles. The van der Waals surface area contributed by atoms with E-state index in [1.807, 2.05) is 0 Å². The summed E-state index contributed by atoms with van der Waals surface area (Å²) < 4.78 is 15.2. The van der Waals surface area contributed by atoms with Gasteiger partial charge in [0, 0.05) is 11.6 Å². The molecule has 0 radical (unpaired) electrons. The first-order chi connectivity index (χ1) is 13.4. The number of amides is 2. The van der Waals surface area contributed by atoms with E-state index in [-0.39, 0.29) is 0 Å². The van der Waals surface area contributed by atoms with Crippen molar-refractivity contribution < 1.29 is 28.6 Å². The first kappa shape index (κ1) is 20.8. The van der Waals surface area contributed by atoms with Crippen LogP contribution in [0.25, 0.3) is 0 Å². The Labute approximate surface area is 162 Å². The number of nitrogens with one attached hydrogen (secondary N) is 2. The van der Waals surface area contributed by atoms with Crippen LogP contribution >= 0.6 is 0 Å². The predicted octanol–water partition coefficient (Wildman–Crippen LogP) is 2.00. The van der Waals surface area contributed by atoms with Crippen molar-refractivity contribution in [3.63, 3.8) is 0 Å². The Balaban J connectivity index is 1.86. The second-order valence-electron chi connectivity index (χ2n) is 5.78. The van der Waals surface area contributed by atoms with Gasteiger partial charge in [-0.05, 0) is 31.2 Å². The van der Waals surface area contributed by atoms with Gasteiger partial charge < -0.3 is 24.8 Å². The molecule has 1 atom stereocenters. The minimum absolute atomic E-state index is 0.383. The molecule has 2 amide bonds. The van der Waals surface area contributed by atoms with Crippen LogP contribution < -0.4 is 20.1 Å². The summed E-state index contributed by atoms with van der Waals surface area (Å²) in [7, 11) is 2.97. The number of carbonyl (C=O) groups excluding carboxylic acids is 3. The highest BCUT2D eigenvalue weighted by atomic mass is 16.5. The van der Waals surface area contributed by atoms with Crippen molar-refractivity contribution in [1.82, 2.24) is 5.32 Å². The fraction of sp³-hybridized carbons (Fsp3) is 0.250. The molecule has 0 aromatic heterocycles. The normalized spacial score (nSPS) is 11.1. The number of hydrogen-bond acceptors (Lipinski definition) is 6. The number of rotatable bonds is 8. The molecular weight excluding hydrogens is 364 g/mol. The summed E-state index contributed by atoms with van der Waals surface area (Å²) in [5, 5.41) is 5.11. The Hall–Kier alpha value is -3.55. The monoisotopic (exact) mass is 386 g/mol. The molecule has 2 aromatic rings. The summed E-state index contributed by atoms with van der Waals surface area (Å²) in [5.41, 5.74) is 0.804. The summed E-state index contributed by atoms with van der Waals surface area (Å²) in [6.45, 7) is 0.969. The minimum atomic E-state index is -0.910. The second kappa shape index (κ2) is 9.96. The van der Waals surface area contributed by atoms with Crippen molar-refractivity contribution in [2.45, 2.75) is 13.0 Å². The lowest BCUT2D eigenvalue weighted by Crippen LogP contribution is -2.40. The lowest BCUT2D eigenvalue weighted by Gasteiger charge is -2.14. The molecule has 148 valence electrons. The molecule has 28 heavy (non-hydrogen) atoms. The van der Waals surface area contributed by atoms with Crippen molar-refractivity contribution in [3.8, 4) is 11.5 Å². The van der Waals surface area contributed by atoms with Gasteiger partial charge >= 0.3 is 5.97 Å². The van der Waals surface area contributed by atoms with Gasteiger partial charge in [0.05, 0.1) is 19.9 Å². The summed E-state index contributed by atoms with van der Waals surface area (Å²) >= 11 is 0. The quantitative estimate of drug-likeness (QED) is 0.673. The van der Waals surface area contributed by atoms with Gasteiger partial charge in [-0.15, -0.1) is 0 Å². The minimum Gasteiger partial charge on any atom is -0.497 e. The van der Waals surface area contributed by atoms with E-state index in [2.05, 4.69) is 10.6 Å². The molecule has 0 fully saturated rings. The van der Waals surface area contributed by atoms with E-state index in [1.165, 1.54) is 21.1 Å². The van der Waals surface area contributed by atoms with Gasteiger partial charge in [0.1, 0.15) is 17.5 Å². The number of hydrogen-bond donors (Lipinski definition) is 2. The molecule has 8 heteroatoms. The molecule has 2 rings (SSSR count). The van der Waals surface area contributed by atoms with Gasteiger partial charge in [0.15, 0.2) is 6.61 Å². The average Bonchev–Trinajstić information content (AvgIpc) is 2.72. The van der Waals surface area contributed by atoms with Crippen molar-refractivity contribution in [2.24, 2.45) is 0 Å². The maximum atomic E-state index is 12.1. The number of ether oxygens (including phenoxy) is 3. The molecule has 0 aliphatic rings. The molecule has 0 aliphatic heterocycles.